The lowest BCUT2D eigenvalue weighted by molar-refractivity contribution is -0.274. The number of nitrogen functional groups attached to an aromatic ring is 1. The van der Waals surface area contributed by atoms with Gasteiger partial charge in [0.15, 0.2) is 5.75 Å². The topological polar surface area (TPSA) is 69.4 Å². The van der Waals surface area contributed by atoms with Crippen molar-refractivity contribution in [1.82, 2.24) is 0 Å². The molecular formula is C7H4BrClF3NO3S. The van der Waals surface area contributed by atoms with Crippen molar-refractivity contribution in [2.45, 2.75) is 11.3 Å². The van der Waals surface area contributed by atoms with Crippen LogP contribution in [0.25, 0.3) is 0 Å². The highest BCUT2D eigenvalue weighted by Gasteiger charge is 2.33. The van der Waals surface area contributed by atoms with Crippen molar-refractivity contribution >= 4 is 41.4 Å². The minimum atomic E-state index is -4.92. The molecule has 17 heavy (non-hydrogen) atoms. The highest BCUT2D eigenvalue weighted by molar-refractivity contribution is 9.10. The van der Waals surface area contributed by atoms with E-state index >= 15 is 0 Å². The van der Waals surface area contributed by atoms with Crippen molar-refractivity contribution < 1.29 is 26.3 Å². The van der Waals surface area contributed by atoms with Crippen LogP contribution >= 0.6 is 26.6 Å². The first-order chi connectivity index (χ1) is 7.52. The van der Waals surface area contributed by atoms with Crippen LogP contribution in [0.3, 0.4) is 0 Å². The van der Waals surface area contributed by atoms with Crippen LogP contribution in [0.4, 0.5) is 18.9 Å². The fourth-order valence-electron chi connectivity index (χ4n) is 0.957. The molecule has 0 radical (unpaired) electrons. The van der Waals surface area contributed by atoms with E-state index in [9.17, 15) is 21.6 Å². The highest BCUT2D eigenvalue weighted by Crippen LogP contribution is 2.38. The first-order valence-electron chi connectivity index (χ1n) is 3.81. The van der Waals surface area contributed by atoms with Gasteiger partial charge in [-0.05, 0) is 28.1 Å². The second kappa shape index (κ2) is 4.54. The van der Waals surface area contributed by atoms with Gasteiger partial charge < -0.3 is 10.5 Å². The molecule has 0 unspecified atom stereocenters. The van der Waals surface area contributed by atoms with Crippen LogP contribution in [0.15, 0.2) is 21.5 Å². The van der Waals surface area contributed by atoms with E-state index in [-0.39, 0.29) is 4.47 Å². The van der Waals surface area contributed by atoms with Crippen molar-refractivity contribution in [3.05, 3.63) is 16.6 Å². The van der Waals surface area contributed by atoms with Crippen molar-refractivity contribution in [3.63, 3.8) is 0 Å². The van der Waals surface area contributed by atoms with E-state index in [1.165, 1.54) is 0 Å². The molecule has 2 N–H and O–H groups in total. The number of rotatable bonds is 2. The first-order valence-corrected chi connectivity index (χ1v) is 6.91. The van der Waals surface area contributed by atoms with Crippen LogP contribution in [0.2, 0.25) is 0 Å². The van der Waals surface area contributed by atoms with Gasteiger partial charge >= 0.3 is 6.36 Å². The molecule has 1 rings (SSSR count). The molecule has 1 aromatic carbocycles. The molecule has 0 atom stereocenters. The molecule has 0 saturated heterocycles. The molecule has 4 nitrogen and oxygen atoms in total. The zero-order valence-electron chi connectivity index (χ0n) is 7.75. The Morgan fingerprint density at radius 1 is 1.35 bits per heavy atom. The Hall–Kier alpha value is -0.670. The number of halogens is 5. The quantitative estimate of drug-likeness (QED) is 0.655. The van der Waals surface area contributed by atoms with Crippen molar-refractivity contribution in [1.29, 1.82) is 0 Å². The second-order valence-corrected chi connectivity index (χ2v) is 6.10. The summed E-state index contributed by atoms with van der Waals surface area (Å²) in [5, 5.41) is 0. The van der Waals surface area contributed by atoms with Crippen molar-refractivity contribution in [3.8, 4) is 5.75 Å². The summed E-state index contributed by atoms with van der Waals surface area (Å²) in [6.07, 6.45) is -4.92. The summed E-state index contributed by atoms with van der Waals surface area (Å²) in [6, 6.07) is 1.62. The van der Waals surface area contributed by atoms with Crippen LogP contribution in [-0.4, -0.2) is 14.8 Å². The molecule has 96 valence electrons. The number of nitrogens with two attached hydrogens (primary N) is 1. The molecule has 0 fully saturated rings. The van der Waals surface area contributed by atoms with Gasteiger partial charge in [0, 0.05) is 10.7 Å². The molecule has 0 bridgehead atoms. The number of hydrogen-bond acceptors (Lipinski definition) is 4. The standard InChI is InChI=1S/C7H4BrClF3NO3S/c8-5-4(17(9,14)15)2-1-3(6(5)13)16-7(10,11)12/h1-2H,13H2. The molecule has 0 aromatic heterocycles. The summed E-state index contributed by atoms with van der Waals surface area (Å²) in [5.41, 5.74) is 4.78. The molecule has 0 aliphatic carbocycles. The second-order valence-electron chi connectivity index (χ2n) is 2.78. The van der Waals surface area contributed by atoms with Crippen LogP contribution in [-0.2, 0) is 9.05 Å². The summed E-state index contributed by atoms with van der Waals surface area (Å²) in [4.78, 5) is -0.439. The minimum absolute atomic E-state index is 0.283. The van der Waals surface area contributed by atoms with Crippen LogP contribution in [0.5, 0.6) is 5.75 Å². The van der Waals surface area contributed by atoms with Crippen LogP contribution in [0.1, 0.15) is 0 Å². The van der Waals surface area contributed by atoms with Crippen LogP contribution in [0, 0.1) is 0 Å². The highest BCUT2D eigenvalue weighted by atomic mass is 79.9. The Balaban J connectivity index is 3.30. The Morgan fingerprint density at radius 3 is 2.29 bits per heavy atom. The summed E-state index contributed by atoms with van der Waals surface area (Å²) in [7, 11) is 0.937. The maximum atomic E-state index is 12.0. The predicted octanol–water partition coefficient (Wildman–Crippen LogP) is 2.86. The van der Waals surface area contributed by atoms with E-state index in [0.29, 0.717) is 0 Å². The minimum Gasteiger partial charge on any atom is -0.404 e. The SMILES string of the molecule is Nc1c(OC(F)(F)F)ccc(S(=O)(=O)Cl)c1Br. The van der Waals surface area contributed by atoms with Gasteiger partial charge in [-0.2, -0.15) is 0 Å². The molecule has 0 aliphatic rings. The summed E-state index contributed by atoms with van der Waals surface area (Å²) in [6.45, 7) is 0. The van der Waals surface area contributed by atoms with Gasteiger partial charge in [-0.25, -0.2) is 8.42 Å². The normalized spacial score (nSPS) is 12.5. The predicted molar refractivity (Wildman–Crippen MR) is 58.3 cm³/mol. The smallest absolute Gasteiger partial charge is 0.404 e. The molecule has 0 aliphatic heterocycles. The third kappa shape index (κ3) is 3.65. The van der Waals surface area contributed by atoms with Gasteiger partial charge in [0.05, 0.1) is 15.1 Å². The lowest BCUT2D eigenvalue weighted by atomic mass is 10.3. The molecule has 0 amide bonds. The summed E-state index contributed by atoms with van der Waals surface area (Å²) in [5.74, 6) is -0.714. The van der Waals surface area contributed by atoms with E-state index in [0.717, 1.165) is 12.1 Å². The monoisotopic (exact) mass is 353 g/mol. The van der Waals surface area contributed by atoms with Gasteiger partial charge in [0.25, 0.3) is 9.05 Å². The number of benzene rings is 1. The fraction of sp³-hybridized carbons (Fsp3) is 0.143. The number of alkyl halides is 3. The number of ether oxygens (including phenoxy) is 1. The molecule has 0 saturated carbocycles. The Labute approximate surface area is 107 Å². The average molecular weight is 355 g/mol. The Kier molecular flexibility index (Phi) is 3.84. The van der Waals surface area contributed by atoms with Gasteiger partial charge in [-0.1, -0.05) is 0 Å². The van der Waals surface area contributed by atoms with Crippen molar-refractivity contribution in [2.75, 3.05) is 5.73 Å². The maximum absolute atomic E-state index is 12.0. The van der Waals surface area contributed by atoms with Crippen LogP contribution < -0.4 is 10.5 Å². The first kappa shape index (κ1) is 14.4. The third-order valence-corrected chi connectivity index (χ3v) is 4.07. The number of anilines is 1. The maximum Gasteiger partial charge on any atom is 0.573 e. The van der Waals surface area contributed by atoms with E-state index in [4.69, 9.17) is 16.4 Å². The van der Waals surface area contributed by atoms with E-state index in [2.05, 4.69) is 20.7 Å². The molecule has 1 aromatic rings. The zero-order valence-corrected chi connectivity index (χ0v) is 10.9. The number of hydrogen-bond donors (Lipinski definition) is 1. The Bertz CT molecular complexity index is 546. The largest absolute Gasteiger partial charge is 0.573 e. The molecule has 0 heterocycles. The Morgan fingerprint density at radius 2 is 1.88 bits per heavy atom. The fourth-order valence-corrected chi connectivity index (χ4v) is 3.14. The molecule has 10 heteroatoms. The van der Waals surface area contributed by atoms with Gasteiger partial charge in [0.2, 0.25) is 0 Å². The average Bonchev–Trinajstić information content (AvgIpc) is 2.08. The lowest BCUT2D eigenvalue weighted by Gasteiger charge is -2.13. The molecule has 0 spiro atoms. The molecular weight excluding hydrogens is 350 g/mol. The lowest BCUT2D eigenvalue weighted by Crippen LogP contribution is -2.18. The van der Waals surface area contributed by atoms with Gasteiger partial charge in [-0.15, -0.1) is 13.2 Å². The van der Waals surface area contributed by atoms with E-state index < -0.39 is 31.7 Å². The summed E-state index contributed by atoms with van der Waals surface area (Å²) < 4.78 is 61.2. The zero-order chi connectivity index (χ0) is 13.4. The summed E-state index contributed by atoms with van der Waals surface area (Å²) >= 11 is 2.74. The van der Waals surface area contributed by atoms with E-state index in [1.807, 2.05) is 0 Å². The van der Waals surface area contributed by atoms with E-state index in [1.54, 1.807) is 0 Å². The third-order valence-electron chi connectivity index (χ3n) is 1.59. The van der Waals surface area contributed by atoms with Gasteiger partial charge in [-0.3, -0.25) is 0 Å². The van der Waals surface area contributed by atoms with Crippen molar-refractivity contribution in [2.24, 2.45) is 0 Å². The van der Waals surface area contributed by atoms with Gasteiger partial charge in [0.1, 0.15) is 0 Å².